The fourth-order valence-electron chi connectivity index (χ4n) is 4.17. The second kappa shape index (κ2) is 7.07. The first-order chi connectivity index (χ1) is 11.8. The number of morpholine rings is 1. The largest absolute Gasteiger partial charge is 0.378 e. The fourth-order valence-corrected chi connectivity index (χ4v) is 4.17. The Labute approximate surface area is 143 Å². The van der Waals surface area contributed by atoms with Crippen molar-refractivity contribution in [1.29, 1.82) is 0 Å². The number of nitrogens with one attached hydrogen (secondary N) is 1. The van der Waals surface area contributed by atoms with Crippen LogP contribution in [0.5, 0.6) is 0 Å². The molecular formula is C18H26N4O2. The summed E-state index contributed by atoms with van der Waals surface area (Å²) < 4.78 is 5.36. The molecule has 130 valence electrons. The third kappa shape index (κ3) is 3.26. The summed E-state index contributed by atoms with van der Waals surface area (Å²) >= 11 is 0. The number of pyridine rings is 1. The lowest BCUT2D eigenvalue weighted by Crippen LogP contribution is -2.46. The Bertz CT molecular complexity index is 571. The molecule has 3 aliphatic rings. The van der Waals surface area contributed by atoms with Gasteiger partial charge >= 0.3 is 0 Å². The van der Waals surface area contributed by atoms with Crippen molar-refractivity contribution in [3.8, 4) is 0 Å². The first-order valence-corrected chi connectivity index (χ1v) is 9.15. The zero-order valence-corrected chi connectivity index (χ0v) is 14.1. The number of ether oxygens (including phenoxy) is 1. The molecule has 1 amide bonds. The van der Waals surface area contributed by atoms with Gasteiger partial charge in [0.05, 0.1) is 18.8 Å². The molecule has 0 saturated carbocycles. The Morgan fingerprint density at radius 3 is 2.79 bits per heavy atom. The normalized spacial score (nSPS) is 27.8. The molecule has 4 rings (SSSR count). The molecule has 0 bridgehead atoms. The molecule has 0 spiro atoms. The smallest absolute Gasteiger partial charge is 0.253 e. The van der Waals surface area contributed by atoms with Crippen LogP contribution in [0.4, 0.5) is 5.82 Å². The number of fused-ring (bicyclic) bond motifs is 1. The highest BCUT2D eigenvalue weighted by Crippen LogP contribution is 2.27. The molecule has 1 N–H and O–H groups in total. The third-order valence-corrected chi connectivity index (χ3v) is 5.52. The van der Waals surface area contributed by atoms with Gasteiger partial charge in [-0.05, 0) is 37.9 Å². The van der Waals surface area contributed by atoms with Crippen LogP contribution >= 0.6 is 0 Å². The Kier molecular flexibility index (Phi) is 4.67. The van der Waals surface area contributed by atoms with Crippen LogP contribution in [0, 0.1) is 0 Å². The Morgan fingerprint density at radius 1 is 1.12 bits per heavy atom. The second-order valence-electron chi connectivity index (χ2n) is 6.97. The summed E-state index contributed by atoms with van der Waals surface area (Å²) in [5.41, 5.74) is 0.654. The predicted octanol–water partition coefficient (Wildman–Crippen LogP) is 1.27. The molecule has 6 heteroatoms. The summed E-state index contributed by atoms with van der Waals surface area (Å²) in [7, 11) is 0. The fraction of sp³-hybridized carbons (Fsp3) is 0.667. The Hall–Kier alpha value is -1.66. The van der Waals surface area contributed by atoms with Crippen LogP contribution < -0.4 is 10.2 Å². The SMILES string of the molecule is O=C(N[C@H]1CCN2CCCC[C@H]12)c1ccc(N2CCOCC2)nc1. The zero-order chi connectivity index (χ0) is 16.4. The number of anilines is 1. The summed E-state index contributed by atoms with van der Waals surface area (Å²) in [5.74, 6) is 0.933. The summed E-state index contributed by atoms with van der Waals surface area (Å²) in [6.45, 7) is 5.50. The Balaban J connectivity index is 1.37. The molecule has 0 aliphatic carbocycles. The van der Waals surface area contributed by atoms with Crippen molar-refractivity contribution in [3.05, 3.63) is 23.9 Å². The minimum Gasteiger partial charge on any atom is -0.378 e. The number of amides is 1. The first-order valence-electron chi connectivity index (χ1n) is 9.15. The van der Waals surface area contributed by atoms with Crippen molar-refractivity contribution in [2.75, 3.05) is 44.3 Å². The van der Waals surface area contributed by atoms with Crippen molar-refractivity contribution in [3.63, 3.8) is 0 Å². The lowest BCUT2D eigenvalue weighted by Gasteiger charge is -2.32. The highest BCUT2D eigenvalue weighted by atomic mass is 16.5. The summed E-state index contributed by atoms with van der Waals surface area (Å²) in [6.07, 6.45) is 6.55. The average Bonchev–Trinajstić information content (AvgIpc) is 3.06. The number of carbonyl (C=O) groups is 1. The van der Waals surface area contributed by atoms with Gasteiger partial charge in [0.1, 0.15) is 5.82 Å². The molecule has 1 aromatic rings. The summed E-state index contributed by atoms with van der Waals surface area (Å²) in [5, 5.41) is 3.24. The van der Waals surface area contributed by atoms with Crippen LogP contribution in [0.25, 0.3) is 0 Å². The van der Waals surface area contributed by atoms with E-state index < -0.39 is 0 Å². The highest BCUT2D eigenvalue weighted by Gasteiger charge is 2.36. The maximum atomic E-state index is 12.6. The molecule has 1 aromatic heterocycles. The molecule has 0 radical (unpaired) electrons. The molecule has 3 saturated heterocycles. The van der Waals surface area contributed by atoms with E-state index in [1.807, 2.05) is 12.1 Å². The van der Waals surface area contributed by atoms with Gasteiger partial charge in [-0.2, -0.15) is 0 Å². The van der Waals surface area contributed by atoms with Gasteiger partial charge in [0, 0.05) is 37.9 Å². The second-order valence-corrected chi connectivity index (χ2v) is 6.97. The highest BCUT2D eigenvalue weighted by molar-refractivity contribution is 5.94. The lowest BCUT2D eigenvalue weighted by molar-refractivity contribution is 0.0915. The average molecular weight is 330 g/mol. The maximum Gasteiger partial charge on any atom is 0.253 e. The number of hydrogen-bond acceptors (Lipinski definition) is 5. The molecule has 3 fully saturated rings. The van der Waals surface area contributed by atoms with E-state index in [2.05, 4.69) is 20.1 Å². The number of aromatic nitrogens is 1. The van der Waals surface area contributed by atoms with Crippen LogP contribution in [-0.4, -0.2) is 67.3 Å². The van der Waals surface area contributed by atoms with E-state index in [1.165, 1.54) is 25.8 Å². The van der Waals surface area contributed by atoms with Crippen LogP contribution in [-0.2, 0) is 4.74 Å². The quantitative estimate of drug-likeness (QED) is 0.905. The predicted molar refractivity (Wildman–Crippen MR) is 92.4 cm³/mol. The zero-order valence-electron chi connectivity index (χ0n) is 14.1. The van der Waals surface area contributed by atoms with Crippen molar-refractivity contribution in [2.45, 2.75) is 37.8 Å². The van der Waals surface area contributed by atoms with Crippen molar-refractivity contribution in [1.82, 2.24) is 15.2 Å². The number of hydrogen-bond donors (Lipinski definition) is 1. The van der Waals surface area contributed by atoms with Crippen LogP contribution in [0.15, 0.2) is 18.3 Å². The van der Waals surface area contributed by atoms with E-state index in [0.29, 0.717) is 11.6 Å². The third-order valence-electron chi connectivity index (χ3n) is 5.52. The van der Waals surface area contributed by atoms with Crippen LogP contribution in [0.3, 0.4) is 0 Å². The van der Waals surface area contributed by atoms with Crippen molar-refractivity contribution >= 4 is 11.7 Å². The van der Waals surface area contributed by atoms with Gasteiger partial charge in [0.25, 0.3) is 5.91 Å². The van der Waals surface area contributed by atoms with Crippen LogP contribution in [0.1, 0.15) is 36.0 Å². The molecule has 0 unspecified atom stereocenters. The van der Waals surface area contributed by atoms with Gasteiger partial charge in [0.2, 0.25) is 0 Å². The Morgan fingerprint density at radius 2 is 2.00 bits per heavy atom. The molecule has 24 heavy (non-hydrogen) atoms. The van der Waals surface area contributed by atoms with Gasteiger partial charge in [0.15, 0.2) is 0 Å². The summed E-state index contributed by atoms with van der Waals surface area (Å²) in [4.78, 5) is 21.8. The van der Waals surface area contributed by atoms with E-state index in [-0.39, 0.29) is 11.9 Å². The molecular weight excluding hydrogens is 304 g/mol. The van der Waals surface area contributed by atoms with Gasteiger partial charge in [-0.3, -0.25) is 9.69 Å². The van der Waals surface area contributed by atoms with Gasteiger partial charge in [-0.15, -0.1) is 0 Å². The molecule has 3 aliphatic heterocycles. The minimum absolute atomic E-state index is 0.00782. The van der Waals surface area contributed by atoms with E-state index >= 15 is 0 Å². The minimum atomic E-state index is 0.00782. The first kappa shape index (κ1) is 15.8. The van der Waals surface area contributed by atoms with E-state index in [9.17, 15) is 4.79 Å². The summed E-state index contributed by atoms with van der Waals surface area (Å²) in [6, 6.07) is 4.66. The molecule has 2 atom stereocenters. The van der Waals surface area contributed by atoms with Crippen molar-refractivity contribution in [2.24, 2.45) is 0 Å². The number of carbonyl (C=O) groups excluding carboxylic acids is 1. The monoisotopic (exact) mass is 330 g/mol. The maximum absolute atomic E-state index is 12.6. The molecule has 6 nitrogen and oxygen atoms in total. The van der Waals surface area contributed by atoms with Gasteiger partial charge in [-0.1, -0.05) is 6.42 Å². The van der Waals surface area contributed by atoms with E-state index in [1.54, 1.807) is 6.20 Å². The van der Waals surface area contributed by atoms with Crippen molar-refractivity contribution < 1.29 is 9.53 Å². The van der Waals surface area contributed by atoms with E-state index in [0.717, 1.165) is 45.1 Å². The van der Waals surface area contributed by atoms with Crippen LogP contribution in [0.2, 0.25) is 0 Å². The number of piperidine rings is 1. The molecule has 4 heterocycles. The number of nitrogens with zero attached hydrogens (tertiary/aromatic N) is 3. The van der Waals surface area contributed by atoms with Gasteiger partial charge in [-0.25, -0.2) is 4.98 Å². The number of rotatable bonds is 3. The van der Waals surface area contributed by atoms with E-state index in [4.69, 9.17) is 4.74 Å². The topological polar surface area (TPSA) is 57.7 Å². The standard InChI is InChI=1S/C18H26N4O2/c23-18(20-15-6-8-21-7-2-1-3-16(15)21)14-4-5-17(19-13-14)22-9-11-24-12-10-22/h4-5,13,15-16H,1-3,6-12H2,(H,20,23)/t15-,16+/m0/s1. The lowest BCUT2D eigenvalue weighted by atomic mass is 9.99. The van der Waals surface area contributed by atoms with Gasteiger partial charge < -0.3 is 15.0 Å². The molecule has 0 aromatic carbocycles.